The minimum absolute atomic E-state index is 0.235. The van der Waals surface area contributed by atoms with E-state index in [-0.39, 0.29) is 5.41 Å². The van der Waals surface area contributed by atoms with E-state index >= 15 is 0 Å². The van der Waals surface area contributed by atoms with Crippen LogP contribution in [0.4, 0.5) is 0 Å². The van der Waals surface area contributed by atoms with Gasteiger partial charge in [0.15, 0.2) is 0 Å². The lowest BCUT2D eigenvalue weighted by molar-refractivity contribution is 0.296. The summed E-state index contributed by atoms with van der Waals surface area (Å²) in [6.07, 6.45) is 1.21. The molecule has 1 aromatic carbocycles. The van der Waals surface area contributed by atoms with Crippen molar-refractivity contribution in [2.75, 3.05) is 26.2 Å². The van der Waals surface area contributed by atoms with Crippen LogP contribution in [0.3, 0.4) is 0 Å². The average Bonchev–Trinajstić information content (AvgIpc) is 2.46. The molecule has 0 spiro atoms. The van der Waals surface area contributed by atoms with Crippen molar-refractivity contribution in [2.24, 2.45) is 0 Å². The van der Waals surface area contributed by atoms with Gasteiger partial charge in [-0.15, -0.1) is 0 Å². The summed E-state index contributed by atoms with van der Waals surface area (Å²) in [7, 11) is 0. The zero-order chi connectivity index (χ0) is 15.9. The van der Waals surface area contributed by atoms with Crippen molar-refractivity contribution in [1.82, 2.24) is 10.2 Å². The number of nitrogens with one attached hydrogen (secondary N) is 1. The summed E-state index contributed by atoms with van der Waals surface area (Å²) in [5, 5.41) is 3.63. The van der Waals surface area contributed by atoms with Gasteiger partial charge in [0.25, 0.3) is 0 Å². The summed E-state index contributed by atoms with van der Waals surface area (Å²) in [6.45, 7) is 18.1. The Bertz CT molecular complexity index is 385. The molecule has 0 amide bonds. The molecule has 21 heavy (non-hydrogen) atoms. The van der Waals surface area contributed by atoms with Crippen LogP contribution in [0.5, 0.6) is 0 Å². The predicted octanol–water partition coefficient (Wildman–Crippen LogP) is 4.37. The van der Waals surface area contributed by atoms with Gasteiger partial charge in [0.05, 0.1) is 0 Å². The Morgan fingerprint density at radius 3 is 2.10 bits per heavy atom. The number of hydrogen-bond donors (Lipinski definition) is 1. The minimum atomic E-state index is 0.235. The molecule has 2 heteroatoms. The van der Waals surface area contributed by atoms with E-state index in [1.165, 1.54) is 24.1 Å². The van der Waals surface area contributed by atoms with Gasteiger partial charge in [0, 0.05) is 6.04 Å². The van der Waals surface area contributed by atoms with Gasteiger partial charge in [-0.25, -0.2) is 0 Å². The smallest absolute Gasteiger partial charge is 0.0291 e. The molecule has 0 radical (unpaired) electrons. The van der Waals surface area contributed by atoms with Crippen LogP contribution in [0.25, 0.3) is 0 Å². The van der Waals surface area contributed by atoms with Crippen molar-refractivity contribution in [3.05, 3.63) is 35.4 Å². The Labute approximate surface area is 131 Å². The van der Waals surface area contributed by atoms with Crippen molar-refractivity contribution in [3.8, 4) is 0 Å². The molecule has 0 saturated carbocycles. The second kappa shape index (κ2) is 8.55. The van der Waals surface area contributed by atoms with Crippen molar-refractivity contribution in [1.29, 1.82) is 0 Å². The number of benzene rings is 1. The van der Waals surface area contributed by atoms with Crippen molar-refractivity contribution >= 4 is 0 Å². The molecule has 0 saturated heterocycles. The van der Waals surface area contributed by atoms with Gasteiger partial charge in [-0.3, -0.25) is 0 Å². The van der Waals surface area contributed by atoms with E-state index in [4.69, 9.17) is 0 Å². The Balaban J connectivity index is 2.40. The molecule has 1 N–H and O–H groups in total. The van der Waals surface area contributed by atoms with Crippen molar-refractivity contribution < 1.29 is 0 Å². The topological polar surface area (TPSA) is 15.3 Å². The molecule has 0 aliphatic rings. The summed E-state index contributed by atoms with van der Waals surface area (Å²) < 4.78 is 0. The Morgan fingerprint density at radius 2 is 1.62 bits per heavy atom. The highest BCUT2D eigenvalue weighted by Crippen LogP contribution is 2.23. The molecule has 1 rings (SSSR count). The normalized spacial score (nSPS) is 13.7. The van der Waals surface area contributed by atoms with Gasteiger partial charge >= 0.3 is 0 Å². The van der Waals surface area contributed by atoms with E-state index < -0.39 is 0 Å². The molecule has 1 atom stereocenters. The van der Waals surface area contributed by atoms with Gasteiger partial charge in [-0.2, -0.15) is 0 Å². The predicted molar refractivity (Wildman–Crippen MR) is 94.0 cm³/mol. The lowest BCUT2D eigenvalue weighted by Gasteiger charge is -2.21. The van der Waals surface area contributed by atoms with E-state index in [0.717, 1.165) is 19.6 Å². The van der Waals surface area contributed by atoms with Gasteiger partial charge in [0.2, 0.25) is 0 Å². The molecule has 1 unspecified atom stereocenters. The Kier molecular flexibility index (Phi) is 7.41. The standard InChI is InChI=1S/C19H34N2/c1-7-21(8-2)15-9-14-20-16(3)17-10-12-18(13-11-17)19(4,5)6/h10-13,16,20H,7-9,14-15H2,1-6H3. The molecule has 2 nitrogen and oxygen atoms in total. The fourth-order valence-corrected chi connectivity index (χ4v) is 2.55. The average molecular weight is 290 g/mol. The third-order valence-corrected chi connectivity index (χ3v) is 4.27. The summed E-state index contributed by atoms with van der Waals surface area (Å²) >= 11 is 0. The second-order valence-corrected chi connectivity index (χ2v) is 6.93. The first kappa shape index (κ1) is 18.2. The van der Waals surface area contributed by atoms with Crippen LogP contribution >= 0.6 is 0 Å². The Morgan fingerprint density at radius 1 is 1.05 bits per heavy atom. The monoisotopic (exact) mass is 290 g/mol. The van der Waals surface area contributed by atoms with Crippen LogP contribution in [-0.4, -0.2) is 31.1 Å². The molecule has 1 aromatic rings. The van der Waals surface area contributed by atoms with E-state index in [1.54, 1.807) is 0 Å². The largest absolute Gasteiger partial charge is 0.310 e. The van der Waals surface area contributed by atoms with Crippen molar-refractivity contribution in [2.45, 2.75) is 59.4 Å². The van der Waals surface area contributed by atoms with E-state index in [0.29, 0.717) is 6.04 Å². The summed E-state index contributed by atoms with van der Waals surface area (Å²) in [4.78, 5) is 2.48. The Hall–Kier alpha value is -0.860. The van der Waals surface area contributed by atoms with Crippen LogP contribution in [0.1, 0.15) is 65.1 Å². The number of nitrogens with zero attached hydrogens (tertiary/aromatic N) is 1. The van der Waals surface area contributed by atoms with Crippen LogP contribution in [0.2, 0.25) is 0 Å². The van der Waals surface area contributed by atoms with Crippen LogP contribution in [0.15, 0.2) is 24.3 Å². The van der Waals surface area contributed by atoms with E-state index in [2.05, 4.69) is 76.0 Å². The third-order valence-electron chi connectivity index (χ3n) is 4.27. The van der Waals surface area contributed by atoms with Gasteiger partial charge < -0.3 is 10.2 Å². The SMILES string of the molecule is CCN(CC)CCCNC(C)c1ccc(C(C)(C)C)cc1. The molecular weight excluding hydrogens is 256 g/mol. The lowest BCUT2D eigenvalue weighted by Crippen LogP contribution is -2.28. The highest BCUT2D eigenvalue weighted by atomic mass is 15.1. The van der Waals surface area contributed by atoms with Crippen LogP contribution < -0.4 is 5.32 Å². The molecular formula is C19H34N2. The first-order valence-electron chi connectivity index (χ1n) is 8.44. The lowest BCUT2D eigenvalue weighted by atomic mass is 9.86. The third kappa shape index (κ3) is 6.19. The first-order valence-corrected chi connectivity index (χ1v) is 8.44. The number of rotatable bonds is 8. The first-order chi connectivity index (χ1) is 9.88. The van der Waals surface area contributed by atoms with Crippen molar-refractivity contribution in [3.63, 3.8) is 0 Å². The maximum atomic E-state index is 3.63. The van der Waals surface area contributed by atoms with Gasteiger partial charge in [-0.05, 0) is 56.1 Å². The summed E-state index contributed by atoms with van der Waals surface area (Å²) in [5.41, 5.74) is 3.02. The van der Waals surface area contributed by atoms with E-state index in [9.17, 15) is 0 Å². The highest BCUT2D eigenvalue weighted by Gasteiger charge is 2.13. The molecule has 0 bridgehead atoms. The molecule has 0 fully saturated rings. The maximum Gasteiger partial charge on any atom is 0.0291 e. The van der Waals surface area contributed by atoms with Gasteiger partial charge in [-0.1, -0.05) is 58.9 Å². The summed E-state index contributed by atoms with van der Waals surface area (Å²) in [6, 6.07) is 9.49. The van der Waals surface area contributed by atoms with Crippen LogP contribution in [0, 0.1) is 0 Å². The molecule has 120 valence electrons. The zero-order valence-electron chi connectivity index (χ0n) is 14.9. The fourth-order valence-electron chi connectivity index (χ4n) is 2.55. The number of hydrogen-bond acceptors (Lipinski definition) is 2. The zero-order valence-corrected chi connectivity index (χ0v) is 14.9. The van der Waals surface area contributed by atoms with Gasteiger partial charge in [0.1, 0.15) is 0 Å². The minimum Gasteiger partial charge on any atom is -0.310 e. The van der Waals surface area contributed by atoms with E-state index in [1.807, 2.05) is 0 Å². The second-order valence-electron chi connectivity index (χ2n) is 6.93. The summed E-state index contributed by atoms with van der Waals surface area (Å²) in [5.74, 6) is 0. The molecule has 0 heterocycles. The molecule has 0 aromatic heterocycles. The fraction of sp³-hybridized carbons (Fsp3) is 0.684. The highest BCUT2D eigenvalue weighted by molar-refractivity contribution is 5.28. The maximum absolute atomic E-state index is 3.63. The molecule has 0 aliphatic heterocycles. The quantitative estimate of drug-likeness (QED) is 0.715. The van der Waals surface area contributed by atoms with Crippen LogP contribution in [-0.2, 0) is 5.41 Å². The molecule has 0 aliphatic carbocycles.